The van der Waals surface area contributed by atoms with Crippen LogP contribution in [0.25, 0.3) is 16.8 Å². The van der Waals surface area contributed by atoms with Gasteiger partial charge in [0.1, 0.15) is 9.52 Å². The normalized spacial score (nSPS) is 11.7. The molecule has 26 heavy (non-hydrogen) atoms. The zero-order chi connectivity index (χ0) is 17.6. The minimum Gasteiger partial charge on any atom is -0.0795 e. The molecule has 0 saturated heterocycles. The predicted octanol–water partition coefficient (Wildman–Crippen LogP) is 4.75. The SMILES string of the molecule is C1=Cc2cccc3cccc(c23)C1.c1ccc([Si]c2ccccc2)cc1. The summed E-state index contributed by atoms with van der Waals surface area (Å²) in [6.45, 7) is 0. The molecule has 0 aromatic heterocycles. The van der Waals surface area contributed by atoms with Crippen molar-refractivity contribution in [2.24, 2.45) is 0 Å². The van der Waals surface area contributed by atoms with E-state index in [9.17, 15) is 0 Å². The van der Waals surface area contributed by atoms with E-state index in [0.29, 0.717) is 0 Å². The maximum atomic E-state index is 2.23. The fourth-order valence-electron chi connectivity index (χ4n) is 3.28. The highest BCUT2D eigenvalue weighted by molar-refractivity contribution is 6.67. The van der Waals surface area contributed by atoms with Gasteiger partial charge in [0.25, 0.3) is 0 Å². The van der Waals surface area contributed by atoms with E-state index in [0.717, 1.165) is 15.9 Å². The van der Waals surface area contributed by atoms with Gasteiger partial charge < -0.3 is 0 Å². The van der Waals surface area contributed by atoms with Crippen molar-refractivity contribution >= 4 is 36.7 Å². The van der Waals surface area contributed by atoms with E-state index in [2.05, 4.69) is 109 Å². The fourth-order valence-corrected chi connectivity index (χ4v) is 4.33. The van der Waals surface area contributed by atoms with E-state index >= 15 is 0 Å². The molecule has 4 aromatic carbocycles. The molecule has 0 aliphatic heterocycles. The van der Waals surface area contributed by atoms with E-state index in [4.69, 9.17) is 0 Å². The van der Waals surface area contributed by atoms with Crippen molar-refractivity contribution in [2.75, 3.05) is 0 Å². The number of benzene rings is 4. The molecule has 1 heteroatoms. The van der Waals surface area contributed by atoms with E-state index < -0.39 is 0 Å². The van der Waals surface area contributed by atoms with Crippen molar-refractivity contribution in [3.8, 4) is 0 Å². The first-order valence-corrected chi connectivity index (χ1v) is 9.94. The molecule has 0 N–H and O–H groups in total. The zero-order valence-corrected chi connectivity index (χ0v) is 15.6. The van der Waals surface area contributed by atoms with Gasteiger partial charge in [-0.15, -0.1) is 0 Å². The molecule has 0 amide bonds. The van der Waals surface area contributed by atoms with Gasteiger partial charge in [0.05, 0.1) is 0 Å². The average molecular weight is 349 g/mol. The Hall–Kier alpha value is -2.90. The minimum absolute atomic E-state index is 0.777. The summed E-state index contributed by atoms with van der Waals surface area (Å²) in [5.74, 6) is 0. The molecule has 0 spiro atoms. The van der Waals surface area contributed by atoms with Crippen LogP contribution in [0.1, 0.15) is 11.1 Å². The van der Waals surface area contributed by atoms with Crippen LogP contribution in [0, 0.1) is 0 Å². The Bertz CT molecular complexity index is 975. The third kappa shape index (κ3) is 3.84. The smallest absolute Gasteiger partial charge is 0.0795 e. The molecule has 5 rings (SSSR count). The monoisotopic (exact) mass is 348 g/mol. The van der Waals surface area contributed by atoms with Crippen LogP contribution in [0.2, 0.25) is 0 Å². The number of hydrogen-bond donors (Lipinski definition) is 0. The van der Waals surface area contributed by atoms with Gasteiger partial charge >= 0.3 is 0 Å². The van der Waals surface area contributed by atoms with Gasteiger partial charge in [0.15, 0.2) is 0 Å². The molecule has 0 fully saturated rings. The van der Waals surface area contributed by atoms with Gasteiger partial charge in [-0.05, 0) is 28.3 Å². The Balaban J connectivity index is 0.000000129. The number of rotatable bonds is 2. The molecule has 1 aliphatic rings. The molecule has 0 atom stereocenters. The first kappa shape index (κ1) is 16.6. The Morgan fingerprint density at radius 3 is 1.85 bits per heavy atom. The van der Waals surface area contributed by atoms with Crippen molar-refractivity contribution < 1.29 is 0 Å². The average Bonchev–Trinajstić information content (AvgIpc) is 2.71. The van der Waals surface area contributed by atoms with Crippen molar-refractivity contribution in [1.82, 2.24) is 0 Å². The number of allylic oxidation sites excluding steroid dienone is 1. The third-order valence-corrected chi connectivity index (χ3v) is 5.74. The van der Waals surface area contributed by atoms with Crippen LogP contribution in [-0.4, -0.2) is 9.52 Å². The van der Waals surface area contributed by atoms with E-state index in [1.54, 1.807) is 0 Å². The molecule has 0 nitrogen and oxygen atoms in total. The fraction of sp³-hybridized carbons (Fsp3) is 0.0400. The minimum atomic E-state index is 0.777. The molecule has 2 radical (unpaired) electrons. The first-order valence-electron chi connectivity index (χ1n) is 8.94. The lowest BCUT2D eigenvalue weighted by Crippen LogP contribution is -2.26. The second-order valence-electron chi connectivity index (χ2n) is 6.33. The summed E-state index contributed by atoms with van der Waals surface area (Å²) in [6, 6.07) is 34.2. The van der Waals surface area contributed by atoms with Crippen LogP contribution >= 0.6 is 0 Å². The van der Waals surface area contributed by atoms with Crippen molar-refractivity contribution in [1.29, 1.82) is 0 Å². The second-order valence-corrected chi connectivity index (χ2v) is 7.73. The second kappa shape index (κ2) is 7.98. The molecule has 1 aliphatic carbocycles. The van der Waals surface area contributed by atoms with Gasteiger partial charge in [-0.3, -0.25) is 0 Å². The maximum Gasteiger partial charge on any atom is 0.121 e. The largest absolute Gasteiger partial charge is 0.121 e. The Kier molecular flexibility index (Phi) is 5.09. The van der Waals surface area contributed by atoms with Crippen molar-refractivity contribution in [3.05, 3.63) is 114 Å². The standard InChI is InChI=1S/C13H10.C12H10Si/c1-4-10-6-2-8-12-9-3-7-11(5-1)13(10)12;1-3-7-11(8-4-1)13-12-9-5-2-6-10-12/h1-8H,9H2;1-10H. The van der Waals surface area contributed by atoms with E-state index in [1.807, 2.05) is 0 Å². The quantitative estimate of drug-likeness (QED) is 0.459. The first-order chi connectivity index (χ1) is 12.9. The summed E-state index contributed by atoms with van der Waals surface area (Å²) in [4.78, 5) is 0. The summed E-state index contributed by atoms with van der Waals surface area (Å²) >= 11 is 0. The molecule has 0 saturated carbocycles. The predicted molar refractivity (Wildman–Crippen MR) is 115 cm³/mol. The molecule has 124 valence electrons. The lowest BCUT2D eigenvalue weighted by Gasteiger charge is -2.11. The maximum absolute atomic E-state index is 2.23. The molecular weight excluding hydrogens is 328 g/mol. The van der Waals surface area contributed by atoms with Crippen LogP contribution in [0.15, 0.2) is 103 Å². The van der Waals surface area contributed by atoms with Crippen molar-refractivity contribution in [3.63, 3.8) is 0 Å². The Labute approximate surface area is 157 Å². The van der Waals surface area contributed by atoms with Crippen LogP contribution in [-0.2, 0) is 6.42 Å². The van der Waals surface area contributed by atoms with Gasteiger partial charge in [0, 0.05) is 0 Å². The van der Waals surface area contributed by atoms with E-state index in [1.165, 1.54) is 32.3 Å². The van der Waals surface area contributed by atoms with Gasteiger partial charge in [-0.2, -0.15) is 0 Å². The summed E-state index contributed by atoms with van der Waals surface area (Å²) in [5.41, 5.74) is 2.81. The summed E-state index contributed by atoms with van der Waals surface area (Å²) < 4.78 is 0. The number of hydrogen-bond acceptors (Lipinski definition) is 0. The van der Waals surface area contributed by atoms with Gasteiger partial charge in [-0.1, -0.05) is 120 Å². The summed E-state index contributed by atoms with van der Waals surface area (Å²) in [7, 11) is 0.777. The summed E-state index contributed by atoms with van der Waals surface area (Å²) in [6.07, 6.45) is 5.53. The highest BCUT2D eigenvalue weighted by Gasteiger charge is 2.06. The molecular formula is C25H20Si. The Morgan fingerprint density at radius 1 is 0.577 bits per heavy atom. The van der Waals surface area contributed by atoms with E-state index in [-0.39, 0.29) is 0 Å². The molecule has 0 heterocycles. The lowest BCUT2D eigenvalue weighted by atomic mass is 9.93. The van der Waals surface area contributed by atoms with Crippen LogP contribution in [0.4, 0.5) is 0 Å². The van der Waals surface area contributed by atoms with Gasteiger partial charge in [-0.25, -0.2) is 0 Å². The van der Waals surface area contributed by atoms with Gasteiger partial charge in [0.2, 0.25) is 0 Å². The third-order valence-electron chi connectivity index (χ3n) is 4.49. The topological polar surface area (TPSA) is 0 Å². The Morgan fingerprint density at radius 2 is 1.19 bits per heavy atom. The van der Waals surface area contributed by atoms with Crippen LogP contribution in [0.3, 0.4) is 0 Å². The summed E-state index contributed by atoms with van der Waals surface area (Å²) in [5, 5.41) is 5.59. The highest BCUT2D eigenvalue weighted by atomic mass is 28.2. The zero-order valence-electron chi connectivity index (χ0n) is 14.6. The van der Waals surface area contributed by atoms with Crippen LogP contribution in [0.5, 0.6) is 0 Å². The lowest BCUT2D eigenvalue weighted by molar-refractivity contribution is 1.29. The molecule has 0 bridgehead atoms. The van der Waals surface area contributed by atoms with Crippen LogP contribution < -0.4 is 10.4 Å². The van der Waals surface area contributed by atoms with Crippen molar-refractivity contribution in [2.45, 2.75) is 6.42 Å². The molecule has 0 unspecified atom stereocenters. The molecule has 4 aromatic rings. The highest BCUT2D eigenvalue weighted by Crippen LogP contribution is 2.27.